The highest BCUT2D eigenvalue weighted by atomic mass is 79.9. The van der Waals surface area contributed by atoms with E-state index in [9.17, 15) is 14.9 Å². The molecule has 0 aromatic heterocycles. The SMILES string of the molecule is O=C(O)C1CCCN1Cc1ccc(Br)c([N+](=O)[O-])c1. The molecule has 1 aromatic rings. The van der Waals surface area contributed by atoms with Crippen LogP contribution in [0.2, 0.25) is 0 Å². The Balaban J connectivity index is 2.17. The number of likely N-dealkylation sites (tertiary alicyclic amines) is 1. The number of aliphatic carboxylic acids is 1. The van der Waals surface area contributed by atoms with Crippen molar-refractivity contribution in [3.8, 4) is 0 Å². The maximum Gasteiger partial charge on any atom is 0.320 e. The number of carboxylic acid groups (broad SMARTS) is 1. The second-order valence-electron chi connectivity index (χ2n) is 4.51. The van der Waals surface area contributed by atoms with Crippen LogP contribution in [0.25, 0.3) is 0 Å². The largest absolute Gasteiger partial charge is 0.480 e. The normalized spacial score (nSPS) is 19.5. The number of rotatable bonds is 4. The van der Waals surface area contributed by atoms with Gasteiger partial charge in [-0.2, -0.15) is 0 Å². The van der Waals surface area contributed by atoms with Crippen LogP contribution in [0.4, 0.5) is 5.69 Å². The molecule has 1 saturated heterocycles. The zero-order valence-electron chi connectivity index (χ0n) is 10.1. The van der Waals surface area contributed by atoms with Crippen LogP contribution < -0.4 is 0 Å². The number of hydrogen-bond acceptors (Lipinski definition) is 4. The number of carboxylic acids is 1. The molecule has 6 nitrogen and oxygen atoms in total. The third-order valence-corrected chi connectivity index (χ3v) is 3.91. The molecule has 0 amide bonds. The number of nitro groups is 1. The van der Waals surface area contributed by atoms with Crippen molar-refractivity contribution in [1.82, 2.24) is 4.90 Å². The topological polar surface area (TPSA) is 83.7 Å². The summed E-state index contributed by atoms with van der Waals surface area (Å²) in [4.78, 5) is 23.3. The Morgan fingerprint density at radius 3 is 2.95 bits per heavy atom. The summed E-state index contributed by atoms with van der Waals surface area (Å²) in [5.74, 6) is -0.830. The fourth-order valence-electron chi connectivity index (χ4n) is 2.33. The predicted octanol–water partition coefficient (Wildman–Crippen LogP) is 2.41. The van der Waals surface area contributed by atoms with Gasteiger partial charge in [-0.05, 0) is 46.9 Å². The van der Waals surface area contributed by atoms with Crippen molar-refractivity contribution < 1.29 is 14.8 Å². The van der Waals surface area contributed by atoms with Gasteiger partial charge < -0.3 is 5.11 Å². The molecule has 1 aromatic carbocycles. The number of nitrogens with zero attached hydrogens (tertiary/aromatic N) is 2. The van der Waals surface area contributed by atoms with Gasteiger partial charge in [0.2, 0.25) is 0 Å². The maximum absolute atomic E-state index is 11.1. The zero-order chi connectivity index (χ0) is 14.0. The maximum atomic E-state index is 11.1. The second kappa shape index (κ2) is 5.66. The van der Waals surface area contributed by atoms with Gasteiger partial charge in [0.15, 0.2) is 0 Å². The summed E-state index contributed by atoms with van der Waals surface area (Å²) in [6.07, 6.45) is 1.48. The average molecular weight is 329 g/mol. The summed E-state index contributed by atoms with van der Waals surface area (Å²) >= 11 is 3.13. The van der Waals surface area contributed by atoms with Gasteiger partial charge in [-0.3, -0.25) is 19.8 Å². The summed E-state index contributed by atoms with van der Waals surface area (Å²) in [7, 11) is 0. The quantitative estimate of drug-likeness (QED) is 0.677. The van der Waals surface area contributed by atoms with E-state index in [1.54, 1.807) is 12.1 Å². The fraction of sp³-hybridized carbons (Fsp3) is 0.417. The van der Waals surface area contributed by atoms with E-state index >= 15 is 0 Å². The van der Waals surface area contributed by atoms with E-state index in [-0.39, 0.29) is 5.69 Å². The zero-order valence-corrected chi connectivity index (χ0v) is 11.7. The summed E-state index contributed by atoms with van der Waals surface area (Å²) in [5.41, 5.74) is 0.756. The van der Waals surface area contributed by atoms with Gasteiger partial charge in [-0.15, -0.1) is 0 Å². The molecule has 102 valence electrons. The third-order valence-electron chi connectivity index (χ3n) is 3.24. The molecule has 0 spiro atoms. The van der Waals surface area contributed by atoms with E-state index in [2.05, 4.69) is 15.9 Å². The first kappa shape index (κ1) is 14.0. The molecule has 7 heteroatoms. The Bertz CT molecular complexity index is 520. The molecule has 1 aliphatic rings. The molecule has 19 heavy (non-hydrogen) atoms. The van der Waals surface area contributed by atoms with Crippen LogP contribution >= 0.6 is 15.9 Å². The van der Waals surface area contributed by atoms with E-state index in [0.29, 0.717) is 24.0 Å². The lowest BCUT2D eigenvalue weighted by molar-refractivity contribution is -0.385. The van der Waals surface area contributed by atoms with Crippen LogP contribution in [0.1, 0.15) is 18.4 Å². The van der Waals surface area contributed by atoms with E-state index in [0.717, 1.165) is 12.0 Å². The van der Waals surface area contributed by atoms with Crippen molar-refractivity contribution in [2.75, 3.05) is 6.54 Å². The van der Waals surface area contributed by atoms with Crippen molar-refractivity contribution >= 4 is 27.6 Å². The van der Waals surface area contributed by atoms with Gasteiger partial charge in [-0.1, -0.05) is 6.07 Å². The van der Waals surface area contributed by atoms with Crippen molar-refractivity contribution in [3.63, 3.8) is 0 Å². The molecular formula is C12H13BrN2O4. The van der Waals surface area contributed by atoms with E-state index in [4.69, 9.17) is 5.11 Å². The first-order valence-electron chi connectivity index (χ1n) is 5.88. The highest BCUT2D eigenvalue weighted by Crippen LogP contribution is 2.27. The number of halogens is 1. The Labute approximate surface area is 118 Å². The van der Waals surface area contributed by atoms with Gasteiger partial charge >= 0.3 is 5.97 Å². The first-order valence-corrected chi connectivity index (χ1v) is 6.68. The Kier molecular flexibility index (Phi) is 4.16. The molecule has 2 rings (SSSR count). The number of carbonyl (C=O) groups is 1. The molecule has 1 atom stereocenters. The average Bonchev–Trinajstić information content (AvgIpc) is 2.79. The Morgan fingerprint density at radius 2 is 2.32 bits per heavy atom. The predicted molar refractivity (Wildman–Crippen MR) is 71.9 cm³/mol. The van der Waals surface area contributed by atoms with Crippen LogP contribution in [0.3, 0.4) is 0 Å². The summed E-state index contributed by atoms with van der Waals surface area (Å²) in [6, 6.07) is 4.40. The molecule has 0 saturated carbocycles. The highest BCUT2D eigenvalue weighted by Gasteiger charge is 2.30. The number of benzene rings is 1. The van der Waals surface area contributed by atoms with Crippen LogP contribution in [0.15, 0.2) is 22.7 Å². The molecule has 1 fully saturated rings. The van der Waals surface area contributed by atoms with Gasteiger partial charge in [0.25, 0.3) is 5.69 Å². The van der Waals surface area contributed by atoms with Crippen LogP contribution in [-0.4, -0.2) is 33.5 Å². The van der Waals surface area contributed by atoms with Crippen LogP contribution in [0.5, 0.6) is 0 Å². The highest BCUT2D eigenvalue weighted by molar-refractivity contribution is 9.10. The molecule has 0 bridgehead atoms. The van der Waals surface area contributed by atoms with E-state index < -0.39 is 16.9 Å². The monoisotopic (exact) mass is 328 g/mol. The van der Waals surface area contributed by atoms with Crippen molar-refractivity contribution in [3.05, 3.63) is 38.3 Å². The Hall–Kier alpha value is -1.47. The lowest BCUT2D eigenvalue weighted by atomic mass is 10.1. The van der Waals surface area contributed by atoms with Crippen LogP contribution in [0, 0.1) is 10.1 Å². The first-order chi connectivity index (χ1) is 8.99. The summed E-state index contributed by atoms with van der Waals surface area (Å²) in [6.45, 7) is 1.13. The minimum absolute atomic E-state index is 0.00331. The van der Waals surface area contributed by atoms with E-state index in [1.165, 1.54) is 6.07 Å². The van der Waals surface area contributed by atoms with Crippen molar-refractivity contribution in [2.45, 2.75) is 25.4 Å². The second-order valence-corrected chi connectivity index (χ2v) is 5.36. The lowest BCUT2D eigenvalue weighted by Crippen LogP contribution is -2.35. The molecule has 0 aliphatic carbocycles. The minimum atomic E-state index is -0.830. The van der Waals surface area contributed by atoms with Gasteiger partial charge in [0, 0.05) is 12.6 Å². The molecule has 1 unspecified atom stereocenters. The number of nitro benzene ring substituents is 1. The van der Waals surface area contributed by atoms with E-state index in [1.807, 2.05) is 4.90 Å². The van der Waals surface area contributed by atoms with Gasteiger partial charge in [-0.25, -0.2) is 0 Å². The summed E-state index contributed by atoms with van der Waals surface area (Å²) < 4.78 is 0.428. The summed E-state index contributed by atoms with van der Waals surface area (Å²) in [5, 5.41) is 19.9. The molecule has 0 radical (unpaired) electrons. The smallest absolute Gasteiger partial charge is 0.320 e. The standard InChI is InChI=1S/C12H13BrN2O4/c13-9-4-3-8(6-11(9)15(18)19)7-14-5-1-2-10(14)12(16)17/h3-4,6,10H,1-2,5,7H2,(H,16,17). The lowest BCUT2D eigenvalue weighted by Gasteiger charge is -2.20. The third kappa shape index (κ3) is 3.10. The van der Waals surface area contributed by atoms with Crippen LogP contribution in [-0.2, 0) is 11.3 Å². The molecule has 1 aliphatic heterocycles. The number of hydrogen-bond donors (Lipinski definition) is 1. The molecule has 1 heterocycles. The Morgan fingerprint density at radius 1 is 1.58 bits per heavy atom. The van der Waals surface area contributed by atoms with Crippen molar-refractivity contribution in [1.29, 1.82) is 0 Å². The fourth-order valence-corrected chi connectivity index (χ4v) is 2.72. The minimum Gasteiger partial charge on any atom is -0.480 e. The van der Waals surface area contributed by atoms with Gasteiger partial charge in [0.1, 0.15) is 6.04 Å². The molecular weight excluding hydrogens is 316 g/mol. The molecule has 1 N–H and O–H groups in total. The van der Waals surface area contributed by atoms with Gasteiger partial charge in [0.05, 0.1) is 9.40 Å². The van der Waals surface area contributed by atoms with Crippen molar-refractivity contribution in [2.24, 2.45) is 0 Å².